The fourth-order valence-electron chi connectivity index (χ4n) is 4.45. The Morgan fingerprint density at radius 1 is 0.952 bits per heavy atom. The first-order valence-corrected chi connectivity index (χ1v) is 15.5. The van der Waals surface area contributed by atoms with Crippen molar-refractivity contribution in [3.8, 4) is 5.75 Å². The van der Waals surface area contributed by atoms with Crippen molar-refractivity contribution in [3.05, 3.63) is 89.7 Å². The summed E-state index contributed by atoms with van der Waals surface area (Å²) < 4.78 is 48.0. The van der Waals surface area contributed by atoms with E-state index in [1.807, 2.05) is 58.9 Å². The first kappa shape index (κ1) is 32.6. The number of carbonyl (C=O) groups is 2. The second-order valence-corrected chi connectivity index (χ2v) is 12.3. The van der Waals surface area contributed by atoms with Gasteiger partial charge in [0, 0.05) is 13.1 Å². The van der Waals surface area contributed by atoms with Crippen molar-refractivity contribution in [1.29, 1.82) is 0 Å². The highest BCUT2D eigenvalue weighted by Crippen LogP contribution is 2.27. The predicted octanol–water partition coefficient (Wildman–Crippen LogP) is 5.31. The SMILES string of the molecule is CCOc1ccc(N(CC(=O)N(Cc2ccccc2C)[C@H](CC)C(=O)NCC(C)C)S(=O)(=O)c2ccc(F)cc2)cc1. The Balaban J connectivity index is 2.06. The smallest absolute Gasteiger partial charge is 0.264 e. The average molecular weight is 598 g/mol. The van der Waals surface area contributed by atoms with Crippen LogP contribution in [-0.2, 0) is 26.2 Å². The summed E-state index contributed by atoms with van der Waals surface area (Å²) in [5.74, 6) is -0.685. The van der Waals surface area contributed by atoms with Gasteiger partial charge in [-0.15, -0.1) is 0 Å². The van der Waals surface area contributed by atoms with E-state index in [1.54, 1.807) is 24.3 Å². The summed E-state index contributed by atoms with van der Waals surface area (Å²) in [6.45, 7) is 9.95. The van der Waals surface area contributed by atoms with Crippen LogP contribution in [0, 0.1) is 18.7 Å². The van der Waals surface area contributed by atoms with Gasteiger partial charge in [-0.05, 0) is 85.8 Å². The van der Waals surface area contributed by atoms with Crippen molar-refractivity contribution in [2.45, 2.75) is 58.5 Å². The molecule has 0 aliphatic rings. The lowest BCUT2D eigenvalue weighted by atomic mass is 10.1. The molecule has 0 heterocycles. The van der Waals surface area contributed by atoms with Gasteiger partial charge in [0.2, 0.25) is 11.8 Å². The number of aryl methyl sites for hydroxylation is 1. The van der Waals surface area contributed by atoms with E-state index in [1.165, 1.54) is 4.90 Å². The number of rotatable bonds is 14. The molecular weight excluding hydrogens is 557 g/mol. The number of carbonyl (C=O) groups excluding carboxylic acids is 2. The molecule has 0 radical (unpaired) electrons. The Bertz CT molecular complexity index is 1440. The van der Waals surface area contributed by atoms with E-state index < -0.39 is 34.3 Å². The van der Waals surface area contributed by atoms with Crippen LogP contribution >= 0.6 is 0 Å². The molecule has 0 saturated carbocycles. The number of ether oxygens (including phenoxy) is 1. The average Bonchev–Trinajstić information content (AvgIpc) is 2.96. The molecular formula is C32H40FN3O5S. The minimum absolute atomic E-state index is 0.118. The lowest BCUT2D eigenvalue weighted by molar-refractivity contribution is -0.140. The summed E-state index contributed by atoms with van der Waals surface area (Å²) in [5, 5.41) is 2.92. The predicted molar refractivity (Wildman–Crippen MR) is 162 cm³/mol. The molecule has 1 N–H and O–H groups in total. The molecule has 0 aromatic heterocycles. The Labute approximate surface area is 248 Å². The first-order chi connectivity index (χ1) is 20.0. The van der Waals surface area contributed by atoms with Crippen LogP contribution < -0.4 is 14.4 Å². The van der Waals surface area contributed by atoms with Crippen LogP contribution in [0.3, 0.4) is 0 Å². The Morgan fingerprint density at radius 2 is 1.60 bits per heavy atom. The molecule has 226 valence electrons. The summed E-state index contributed by atoms with van der Waals surface area (Å²) in [5.41, 5.74) is 2.01. The van der Waals surface area contributed by atoms with Crippen LogP contribution in [0.5, 0.6) is 5.75 Å². The van der Waals surface area contributed by atoms with E-state index in [-0.39, 0.29) is 29.0 Å². The minimum atomic E-state index is -4.30. The summed E-state index contributed by atoms with van der Waals surface area (Å²) in [6.07, 6.45) is 0.329. The molecule has 42 heavy (non-hydrogen) atoms. The van der Waals surface area contributed by atoms with Crippen molar-refractivity contribution in [2.75, 3.05) is 24.0 Å². The van der Waals surface area contributed by atoms with Crippen molar-refractivity contribution in [3.63, 3.8) is 0 Å². The zero-order chi connectivity index (χ0) is 30.9. The molecule has 0 aliphatic carbocycles. The second-order valence-electron chi connectivity index (χ2n) is 10.4. The number of nitrogens with zero attached hydrogens (tertiary/aromatic N) is 2. The second kappa shape index (κ2) is 14.8. The third kappa shape index (κ3) is 8.31. The van der Waals surface area contributed by atoms with E-state index in [9.17, 15) is 22.4 Å². The maximum atomic E-state index is 14.1. The van der Waals surface area contributed by atoms with Gasteiger partial charge in [-0.1, -0.05) is 45.0 Å². The van der Waals surface area contributed by atoms with Crippen LogP contribution in [0.2, 0.25) is 0 Å². The molecule has 0 saturated heterocycles. The van der Waals surface area contributed by atoms with E-state index in [2.05, 4.69) is 5.32 Å². The molecule has 8 nitrogen and oxygen atoms in total. The van der Waals surface area contributed by atoms with Crippen LogP contribution in [0.1, 0.15) is 45.2 Å². The fourth-order valence-corrected chi connectivity index (χ4v) is 5.87. The van der Waals surface area contributed by atoms with Crippen molar-refractivity contribution >= 4 is 27.5 Å². The molecule has 0 unspecified atom stereocenters. The summed E-state index contributed by atoms with van der Waals surface area (Å²) in [7, 11) is -4.30. The topological polar surface area (TPSA) is 96.0 Å². The Hall–Kier alpha value is -3.92. The fraction of sp³-hybridized carbons (Fsp3) is 0.375. The molecule has 0 bridgehead atoms. The van der Waals surface area contributed by atoms with Gasteiger partial charge in [-0.3, -0.25) is 13.9 Å². The number of halogens is 1. The molecule has 0 aliphatic heterocycles. The number of hydrogen-bond acceptors (Lipinski definition) is 5. The van der Waals surface area contributed by atoms with Gasteiger partial charge in [-0.25, -0.2) is 12.8 Å². The Kier molecular flexibility index (Phi) is 11.5. The number of sulfonamides is 1. The van der Waals surface area contributed by atoms with Gasteiger partial charge in [0.05, 0.1) is 17.2 Å². The van der Waals surface area contributed by atoms with Crippen LogP contribution in [0.15, 0.2) is 77.7 Å². The van der Waals surface area contributed by atoms with Crippen molar-refractivity contribution in [1.82, 2.24) is 10.2 Å². The summed E-state index contributed by atoms with van der Waals surface area (Å²) in [6, 6.07) is 17.5. The standard InChI is InChI=1S/C32H40FN3O5S/c1-6-30(32(38)34-20-23(3)4)35(21-25-11-9-8-10-24(25)5)31(37)22-36(27-14-16-28(17-15-27)41-7-2)42(39,40)29-18-12-26(33)13-19-29/h8-19,23,30H,6-7,20-22H2,1-5H3,(H,34,38)/t30-/m1/s1. The molecule has 10 heteroatoms. The zero-order valence-electron chi connectivity index (χ0n) is 24.8. The van der Waals surface area contributed by atoms with E-state index in [4.69, 9.17) is 4.74 Å². The number of anilines is 1. The third-order valence-electron chi connectivity index (χ3n) is 6.79. The molecule has 0 spiro atoms. The lowest BCUT2D eigenvalue weighted by Crippen LogP contribution is -2.52. The van der Waals surface area contributed by atoms with E-state index in [0.717, 1.165) is 39.7 Å². The van der Waals surface area contributed by atoms with Crippen LogP contribution in [-0.4, -0.2) is 50.9 Å². The number of amides is 2. The molecule has 3 aromatic rings. The van der Waals surface area contributed by atoms with Crippen LogP contribution in [0.25, 0.3) is 0 Å². The summed E-state index contributed by atoms with van der Waals surface area (Å²) in [4.78, 5) is 28.7. The van der Waals surface area contributed by atoms with Crippen molar-refractivity contribution < 1.29 is 27.1 Å². The zero-order valence-corrected chi connectivity index (χ0v) is 25.7. The maximum absolute atomic E-state index is 14.1. The van der Waals surface area contributed by atoms with E-state index in [0.29, 0.717) is 25.3 Å². The number of nitrogens with one attached hydrogen (secondary N) is 1. The lowest BCUT2D eigenvalue weighted by Gasteiger charge is -2.33. The minimum Gasteiger partial charge on any atom is -0.494 e. The van der Waals surface area contributed by atoms with Gasteiger partial charge >= 0.3 is 0 Å². The monoisotopic (exact) mass is 597 g/mol. The van der Waals surface area contributed by atoms with Crippen LogP contribution in [0.4, 0.5) is 10.1 Å². The van der Waals surface area contributed by atoms with E-state index >= 15 is 0 Å². The quantitative estimate of drug-likeness (QED) is 0.272. The van der Waals surface area contributed by atoms with Gasteiger partial charge in [-0.2, -0.15) is 0 Å². The third-order valence-corrected chi connectivity index (χ3v) is 8.58. The molecule has 1 atom stereocenters. The molecule has 2 amide bonds. The summed E-state index contributed by atoms with van der Waals surface area (Å²) >= 11 is 0. The number of benzene rings is 3. The first-order valence-electron chi connectivity index (χ1n) is 14.1. The molecule has 3 aromatic carbocycles. The Morgan fingerprint density at radius 3 is 2.17 bits per heavy atom. The molecule has 3 rings (SSSR count). The highest BCUT2D eigenvalue weighted by Gasteiger charge is 2.34. The highest BCUT2D eigenvalue weighted by atomic mass is 32.2. The molecule has 0 fully saturated rings. The van der Waals surface area contributed by atoms with Gasteiger partial charge < -0.3 is 15.0 Å². The van der Waals surface area contributed by atoms with Gasteiger partial charge in [0.15, 0.2) is 0 Å². The largest absolute Gasteiger partial charge is 0.494 e. The normalized spacial score (nSPS) is 12.1. The van der Waals surface area contributed by atoms with Gasteiger partial charge in [0.25, 0.3) is 10.0 Å². The number of hydrogen-bond donors (Lipinski definition) is 1. The van der Waals surface area contributed by atoms with Crippen molar-refractivity contribution in [2.24, 2.45) is 5.92 Å². The maximum Gasteiger partial charge on any atom is 0.264 e. The highest BCUT2D eigenvalue weighted by molar-refractivity contribution is 7.92. The van der Waals surface area contributed by atoms with Gasteiger partial charge in [0.1, 0.15) is 24.2 Å².